The number of halogens is 2. The molecule has 2 rings (SSSR count). The standard InChI is InChI=1S/C11H13F2NO4S/c12-7-1-2-8(13)11(5-7)19(16,17)14-9-3-4-18-6-10(9)15/h1-2,5,9-10,14-15H,3-4,6H2/t9-,10-/m0/s1. The quantitative estimate of drug-likeness (QED) is 0.845. The van der Waals surface area contributed by atoms with Crippen molar-refractivity contribution in [1.82, 2.24) is 4.72 Å². The van der Waals surface area contributed by atoms with E-state index >= 15 is 0 Å². The van der Waals surface area contributed by atoms with Crippen molar-refractivity contribution in [1.29, 1.82) is 0 Å². The summed E-state index contributed by atoms with van der Waals surface area (Å²) in [7, 11) is -4.23. The summed E-state index contributed by atoms with van der Waals surface area (Å²) in [5, 5.41) is 9.58. The van der Waals surface area contributed by atoms with Crippen LogP contribution in [0.4, 0.5) is 8.78 Å². The van der Waals surface area contributed by atoms with Gasteiger partial charge in [-0.25, -0.2) is 21.9 Å². The van der Waals surface area contributed by atoms with Gasteiger partial charge in [0.05, 0.1) is 18.8 Å². The highest BCUT2D eigenvalue weighted by Gasteiger charge is 2.30. The third-order valence-corrected chi connectivity index (χ3v) is 4.32. The molecule has 0 spiro atoms. The SMILES string of the molecule is O=S(=O)(N[C@H]1CCOC[C@@H]1O)c1cc(F)ccc1F. The minimum absolute atomic E-state index is 0.00117. The molecule has 19 heavy (non-hydrogen) atoms. The van der Waals surface area contributed by atoms with E-state index in [-0.39, 0.29) is 19.6 Å². The fourth-order valence-corrected chi connectivity index (χ4v) is 3.20. The second kappa shape index (κ2) is 5.49. The number of aliphatic hydroxyl groups excluding tert-OH is 1. The molecule has 2 N–H and O–H groups in total. The van der Waals surface area contributed by atoms with Gasteiger partial charge in [-0.1, -0.05) is 0 Å². The molecule has 1 aliphatic heterocycles. The lowest BCUT2D eigenvalue weighted by molar-refractivity contribution is -0.0222. The molecule has 106 valence electrons. The summed E-state index contributed by atoms with van der Waals surface area (Å²) in [4.78, 5) is -0.772. The van der Waals surface area contributed by atoms with E-state index in [1.165, 1.54) is 0 Å². The first kappa shape index (κ1) is 14.3. The molecule has 0 aromatic heterocycles. The number of hydrogen-bond acceptors (Lipinski definition) is 4. The topological polar surface area (TPSA) is 75.6 Å². The molecule has 0 saturated carbocycles. The van der Waals surface area contributed by atoms with Gasteiger partial charge in [0.15, 0.2) is 0 Å². The van der Waals surface area contributed by atoms with Gasteiger partial charge >= 0.3 is 0 Å². The minimum Gasteiger partial charge on any atom is -0.389 e. The molecule has 1 fully saturated rings. The van der Waals surface area contributed by atoms with Crippen molar-refractivity contribution < 1.29 is 27.0 Å². The largest absolute Gasteiger partial charge is 0.389 e. The maximum atomic E-state index is 13.4. The predicted molar refractivity (Wildman–Crippen MR) is 61.9 cm³/mol. The van der Waals surface area contributed by atoms with Crippen LogP contribution in [0.3, 0.4) is 0 Å². The second-order valence-corrected chi connectivity index (χ2v) is 5.92. The zero-order valence-corrected chi connectivity index (χ0v) is 10.7. The van der Waals surface area contributed by atoms with Crippen molar-refractivity contribution in [3.8, 4) is 0 Å². The Bertz CT molecular complexity index is 564. The molecule has 0 aliphatic carbocycles. The summed E-state index contributed by atoms with van der Waals surface area (Å²) < 4.78 is 57.5. The highest BCUT2D eigenvalue weighted by molar-refractivity contribution is 7.89. The molecule has 5 nitrogen and oxygen atoms in total. The van der Waals surface area contributed by atoms with Crippen molar-refractivity contribution in [2.45, 2.75) is 23.5 Å². The lowest BCUT2D eigenvalue weighted by Gasteiger charge is -2.28. The van der Waals surface area contributed by atoms with Crippen LogP contribution in [0.25, 0.3) is 0 Å². The van der Waals surface area contributed by atoms with Crippen LogP contribution in [0.2, 0.25) is 0 Å². The van der Waals surface area contributed by atoms with E-state index in [2.05, 4.69) is 4.72 Å². The summed E-state index contributed by atoms with van der Waals surface area (Å²) in [6.45, 7) is 0.286. The van der Waals surface area contributed by atoms with Gasteiger partial charge in [0.1, 0.15) is 16.5 Å². The van der Waals surface area contributed by atoms with Crippen molar-refractivity contribution >= 4 is 10.0 Å². The third-order valence-electron chi connectivity index (χ3n) is 2.82. The average molecular weight is 293 g/mol. The molecule has 1 heterocycles. The maximum Gasteiger partial charge on any atom is 0.243 e. The number of hydrogen-bond donors (Lipinski definition) is 2. The normalized spacial score (nSPS) is 24.4. The van der Waals surface area contributed by atoms with Crippen LogP contribution in [0.15, 0.2) is 23.1 Å². The van der Waals surface area contributed by atoms with Gasteiger partial charge in [-0.3, -0.25) is 0 Å². The Labute approximate surface area is 109 Å². The predicted octanol–water partition coefficient (Wildman–Crippen LogP) is 0.393. The Morgan fingerprint density at radius 2 is 2.11 bits per heavy atom. The van der Waals surface area contributed by atoms with Gasteiger partial charge in [-0.15, -0.1) is 0 Å². The van der Waals surface area contributed by atoms with Gasteiger partial charge in [0.2, 0.25) is 10.0 Å². The Morgan fingerprint density at radius 3 is 2.79 bits per heavy atom. The molecule has 2 atom stereocenters. The minimum atomic E-state index is -4.23. The zero-order chi connectivity index (χ0) is 14.0. The number of benzene rings is 1. The summed E-state index contributed by atoms with van der Waals surface area (Å²) in [5.41, 5.74) is 0. The van der Waals surface area contributed by atoms with Crippen LogP contribution in [0.1, 0.15) is 6.42 Å². The summed E-state index contributed by atoms with van der Waals surface area (Å²) in [5.74, 6) is -1.90. The van der Waals surface area contributed by atoms with Crippen LogP contribution >= 0.6 is 0 Å². The molecule has 0 radical (unpaired) electrons. The molecule has 8 heteroatoms. The maximum absolute atomic E-state index is 13.4. The fraction of sp³-hybridized carbons (Fsp3) is 0.455. The van der Waals surface area contributed by atoms with E-state index in [0.29, 0.717) is 6.07 Å². The summed E-state index contributed by atoms with van der Waals surface area (Å²) in [6.07, 6.45) is -0.753. The van der Waals surface area contributed by atoms with E-state index in [4.69, 9.17) is 4.74 Å². The average Bonchev–Trinajstić information content (AvgIpc) is 2.35. The molecule has 1 aliphatic rings. The van der Waals surface area contributed by atoms with Gasteiger partial charge in [-0.05, 0) is 24.6 Å². The molecule has 0 amide bonds. The van der Waals surface area contributed by atoms with Crippen LogP contribution in [-0.2, 0) is 14.8 Å². The lowest BCUT2D eigenvalue weighted by Crippen LogP contribution is -2.48. The molecule has 1 aromatic carbocycles. The molecule has 1 saturated heterocycles. The van der Waals surface area contributed by atoms with Gasteiger partial charge < -0.3 is 9.84 Å². The number of nitrogens with one attached hydrogen (secondary N) is 1. The first-order chi connectivity index (χ1) is 8.90. The van der Waals surface area contributed by atoms with Gasteiger partial charge in [-0.2, -0.15) is 0 Å². The third kappa shape index (κ3) is 3.27. The molecule has 1 aromatic rings. The van der Waals surface area contributed by atoms with Gasteiger partial charge in [0.25, 0.3) is 0 Å². The molecular formula is C11H13F2NO4S. The van der Waals surface area contributed by atoms with Crippen molar-refractivity contribution in [3.05, 3.63) is 29.8 Å². The number of ether oxygens (including phenoxy) is 1. The Balaban J connectivity index is 2.24. The van der Waals surface area contributed by atoms with Crippen LogP contribution in [0.5, 0.6) is 0 Å². The van der Waals surface area contributed by atoms with E-state index in [1.807, 2.05) is 0 Å². The van der Waals surface area contributed by atoms with Crippen molar-refractivity contribution in [2.75, 3.05) is 13.2 Å². The first-order valence-corrected chi connectivity index (χ1v) is 7.11. The highest BCUT2D eigenvalue weighted by Crippen LogP contribution is 2.18. The zero-order valence-electron chi connectivity index (χ0n) is 9.84. The Morgan fingerprint density at radius 1 is 1.37 bits per heavy atom. The van der Waals surface area contributed by atoms with Crippen LogP contribution < -0.4 is 4.72 Å². The van der Waals surface area contributed by atoms with Crippen LogP contribution in [-0.4, -0.2) is 38.9 Å². The smallest absolute Gasteiger partial charge is 0.243 e. The molecule has 0 bridgehead atoms. The number of sulfonamides is 1. The lowest BCUT2D eigenvalue weighted by atomic mass is 10.1. The second-order valence-electron chi connectivity index (χ2n) is 4.23. The van der Waals surface area contributed by atoms with E-state index < -0.39 is 38.7 Å². The Hall–Kier alpha value is -1.09. The first-order valence-electron chi connectivity index (χ1n) is 5.63. The van der Waals surface area contributed by atoms with E-state index in [0.717, 1.165) is 12.1 Å². The van der Waals surface area contributed by atoms with Crippen LogP contribution in [0, 0.1) is 11.6 Å². The van der Waals surface area contributed by atoms with Gasteiger partial charge in [0, 0.05) is 6.61 Å². The monoisotopic (exact) mass is 293 g/mol. The van der Waals surface area contributed by atoms with E-state index in [9.17, 15) is 22.3 Å². The van der Waals surface area contributed by atoms with E-state index in [1.54, 1.807) is 0 Å². The summed E-state index contributed by atoms with van der Waals surface area (Å²) in [6, 6.07) is 1.40. The van der Waals surface area contributed by atoms with Crippen molar-refractivity contribution in [2.24, 2.45) is 0 Å². The summed E-state index contributed by atoms with van der Waals surface area (Å²) >= 11 is 0. The fourth-order valence-electron chi connectivity index (χ4n) is 1.81. The Kier molecular flexibility index (Phi) is 4.14. The highest BCUT2D eigenvalue weighted by atomic mass is 32.2. The molecule has 0 unspecified atom stereocenters. The number of aliphatic hydroxyl groups is 1. The molecular weight excluding hydrogens is 280 g/mol. The van der Waals surface area contributed by atoms with Crippen molar-refractivity contribution in [3.63, 3.8) is 0 Å². The number of rotatable bonds is 3.